The summed E-state index contributed by atoms with van der Waals surface area (Å²) in [6.45, 7) is 3.78. The zero-order valence-electron chi connectivity index (χ0n) is 15.8. The second-order valence-corrected chi connectivity index (χ2v) is 6.08. The molecule has 2 heterocycles. The minimum absolute atomic E-state index is 0.136. The molecule has 1 amide bonds. The fourth-order valence-electron chi connectivity index (χ4n) is 2.67. The van der Waals surface area contributed by atoms with E-state index < -0.39 is 17.3 Å². The van der Waals surface area contributed by atoms with Gasteiger partial charge in [-0.25, -0.2) is 4.39 Å². The van der Waals surface area contributed by atoms with Crippen molar-refractivity contribution in [2.24, 2.45) is 0 Å². The maximum absolute atomic E-state index is 14.1. The number of rotatable bonds is 5. The maximum atomic E-state index is 14.1. The van der Waals surface area contributed by atoms with Gasteiger partial charge in [0.2, 0.25) is 5.88 Å². The van der Waals surface area contributed by atoms with Crippen LogP contribution in [0.1, 0.15) is 18.1 Å². The molecule has 0 aliphatic rings. The molecule has 29 heavy (non-hydrogen) atoms. The van der Waals surface area contributed by atoms with E-state index in [-0.39, 0.29) is 22.8 Å². The average molecular weight is 392 g/mol. The Balaban J connectivity index is 2.27. The SMILES string of the molecule is CCNC(=O)C(C#N)=Cc1c(Oc2ccccc2F)nc2c(C)cccn2c1=O. The van der Waals surface area contributed by atoms with Crippen LogP contribution in [0, 0.1) is 24.1 Å². The molecule has 1 aromatic carbocycles. The number of fused-ring (bicyclic) bond motifs is 1. The normalized spacial score (nSPS) is 11.2. The number of amides is 1. The monoisotopic (exact) mass is 392 g/mol. The van der Waals surface area contributed by atoms with Crippen LogP contribution in [0.3, 0.4) is 0 Å². The molecule has 146 valence electrons. The fraction of sp³-hybridized carbons (Fsp3) is 0.143. The summed E-state index contributed by atoms with van der Waals surface area (Å²) in [5.41, 5.74) is 0.0261. The molecule has 7 nitrogen and oxygen atoms in total. The first kappa shape index (κ1) is 19.8. The molecule has 0 aliphatic heterocycles. The minimum atomic E-state index is -0.640. The molecular weight excluding hydrogens is 375 g/mol. The first-order valence-electron chi connectivity index (χ1n) is 8.80. The summed E-state index contributed by atoms with van der Waals surface area (Å²) in [6, 6.07) is 10.9. The summed E-state index contributed by atoms with van der Waals surface area (Å²) in [4.78, 5) is 29.5. The smallest absolute Gasteiger partial charge is 0.269 e. The quantitative estimate of drug-likeness (QED) is 0.532. The summed E-state index contributed by atoms with van der Waals surface area (Å²) in [6.07, 6.45) is 2.62. The summed E-state index contributed by atoms with van der Waals surface area (Å²) < 4.78 is 21.0. The number of benzene rings is 1. The second kappa shape index (κ2) is 8.35. The summed E-state index contributed by atoms with van der Waals surface area (Å²) in [7, 11) is 0. The van der Waals surface area contributed by atoms with Gasteiger partial charge in [-0.3, -0.25) is 14.0 Å². The molecule has 2 aromatic heterocycles. The predicted molar refractivity (Wildman–Crippen MR) is 105 cm³/mol. The van der Waals surface area contributed by atoms with Crippen LogP contribution in [0.2, 0.25) is 0 Å². The first-order chi connectivity index (χ1) is 14.0. The first-order valence-corrected chi connectivity index (χ1v) is 8.80. The van der Waals surface area contributed by atoms with Crippen LogP contribution in [0.4, 0.5) is 4.39 Å². The number of carbonyl (C=O) groups excluding carboxylic acids is 1. The Morgan fingerprint density at radius 3 is 2.79 bits per heavy atom. The van der Waals surface area contributed by atoms with E-state index in [4.69, 9.17) is 4.74 Å². The highest BCUT2D eigenvalue weighted by molar-refractivity contribution is 6.01. The number of carbonyl (C=O) groups is 1. The highest BCUT2D eigenvalue weighted by Gasteiger charge is 2.18. The third-order valence-corrected chi connectivity index (χ3v) is 4.08. The van der Waals surface area contributed by atoms with Crippen LogP contribution in [0.15, 0.2) is 53.0 Å². The number of pyridine rings is 1. The fourth-order valence-corrected chi connectivity index (χ4v) is 2.67. The Morgan fingerprint density at radius 2 is 2.10 bits per heavy atom. The largest absolute Gasteiger partial charge is 0.435 e. The number of ether oxygens (including phenoxy) is 1. The number of aromatic nitrogens is 2. The number of nitrogens with zero attached hydrogens (tertiary/aromatic N) is 3. The van der Waals surface area contributed by atoms with Gasteiger partial charge in [0.15, 0.2) is 11.6 Å². The minimum Gasteiger partial charge on any atom is -0.435 e. The molecule has 0 saturated carbocycles. The van der Waals surface area contributed by atoms with Gasteiger partial charge in [-0.15, -0.1) is 0 Å². The standard InChI is InChI=1S/C21H17FN4O3/c1-3-24-19(27)14(12-23)11-15-20(29-17-9-5-4-8-16(17)22)25-18-13(2)7-6-10-26(18)21(15)28/h4-11H,3H2,1-2H3,(H,24,27). The number of nitriles is 1. The predicted octanol–water partition coefficient (Wildman–Crippen LogP) is 2.98. The van der Waals surface area contributed by atoms with Crippen molar-refractivity contribution in [2.45, 2.75) is 13.8 Å². The molecule has 0 atom stereocenters. The van der Waals surface area contributed by atoms with E-state index in [9.17, 15) is 19.2 Å². The zero-order chi connectivity index (χ0) is 21.0. The van der Waals surface area contributed by atoms with Crippen molar-refractivity contribution in [3.05, 3.63) is 75.5 Å². The van der Waals surface area contributed by atoms with Crippen LogP contribution in [-0.4, -0.2) is 21.8 Å². The molecule has 0 fully saturated rings. The third kappa shape index (κ3) is 3.99. The number of aryl methyl sites for hydroxylation is 1. The van der Waals surface area contributed by atoms with Crippen LogP contribution in [0.25, 0.3) is 11.7 Å². The van der Waals surface area contributed by atoms with E-state index in [1.54, 1.807) is 38.1 Å². The average Bonchev–Trinajstić information content (AvgIpc) is 2.70. The summed E-state index contributed by atoms with van der Waals surface area (Å²) in [5.74, 6) is -1.62. The lowest BCUT2D eigenvalue weighted by molar-refractivity contribution is -0.116. The van der Waals surface area contributed by atoms with Gasteiger partial charge in [0.1, 0.15) is 22.9 Å². The van der Waals surface area contributed by atoms with Crippen molar-refractivity contribution in [2.75, 3.05) is 6.54 Å². The highest BCUT2D eigenvalue weighted by Crippen LogP contribution is 2.26. The molecule has 0 bridgehead atoms. The van der Waals surface area contributed by atoms with E-state index in [2.05, 4.69) is 10.3 Å². The summed E-state index contributed by atoms with van der Waals surface area (Å²) >= 11 is 0. The van der Waals surface area contributed by atoms with Crippen LogP contribution in [0.5, 0.6) is 11.6 Å². The molecule has 0 aliphatic carbocycles. The van der Waals surface area contributed by atoms with Gasteiger partial charge < -0.3 is 10.1 Å². The van der Waals surface area contributed by atoms with Crippen LogP contribution in [-0.2, 0) is 4.79 Å². The molecule has 8 heteroatoms. The lowest BCUT2D eigenvalue weighted by Gasteiger charge is -2.12. The Morgan fingerprint density at radius 1 is 1.34 bits per heavy atom. The lowest BCUT2D eigenvalue weighted by atomic mass is 10.1. The Hall–Kier alpha value is -3.99. The van der Waals surface area contributed by atoms with E-state index >= 15 is 0 Å². The van der Waals surface area contributed by atoms with Crippen LogP contribution < -0.4 is 15.6 Å². The van der Waals surface area contributed by atoms with Gasteiger partial charge in [-0.05, 0) is 43.7 Å². The maximum Gasteiger partial charge on any atom is 0.269 e. The Labute approximate surface area is 165 Å². The number of hydrogen-bond donors (Lipinski definition) is 1. The molecule has 0 radical (unpaired) electrons. The van der Waals surface area contributed by atoms with Crippen LogP contribution >= 0.6 is 0 Å². The van der Waals surface area contributed by atoms with Gasteiger partial charge in [-0.2, -0.15) is 10.2 Å². The molecule has 3 aromatic rings. The van der Waals surface area contributed by atoms with Gasteiger partial charge >= 0.3 is 0 Å². The topological polar surface area (TPSA) is 96.5 Å². The van der Waals surface area contributed by atoms with Crippen molar-refractivity contribution in [3.8, 4) is 17.7 Å². The molecule has 3 rings (SSSR count). The molecule has 1 N–H and O–H groups in total. The lowest BCUT2D eigenvalue weighted by Crippen LogP contribution is -2.25. The zero-order valence-corrected chi connectivity index (χ0v) is 15.8. The van der Waals surface area contributed by atoms with Crippen molar-refractivity contribution < 1.29 is 13.9 Å². The van der Waals surface area contributed by atoms with E-state index in [1.165, 1.54) is 28.8 Å². The number of halogens is 1. The third-order valence-electron chi connectivity index (χ3n) is 4.08. The Kier molecular flexibility index (Phi) is 5.69. The van der Waals surface area contributed by atoms with Crippen molar-refractivity contribution >= 4 is 17.6 Å². The molecule has 0 unspecified atom stereocenters. The van der Waals surface area contributed by atoms with Gasteiger partial charge in [0, 0.05) is 12.7 Å². The van der Waals surface area contributed by atoms with Crippen molar-refractivity contribution in [1.82, 2.24) is 14.7 Å². The molecule has 0 spiro atoms. The Bertz CT molecular complexity index is 1220. The second-order valence-electron chi connectivity index (χ2n) is 6.08. The van der Waals surface area contributed by atoms with E-state index in [0.717, 1.165) is 6.08 Å². The number of para-hydroxylation sites is 1. The highest BCUT2D eigenvalue weighted by atomic mass is 19.1. The number of hydrogen-bond acceptors (Lipinski definition) is 5. The van der Waals surface area contributed by atoms with Gasteiger partial charge in [-0.1, -0.05) is 18.2 Å². The van der Waals surface area contributed by atoms with E-state index in [1.807, 2.05) is 0 Å². The summed E-state index contributed by atoms with van der Waals surface area (Å²) in [5, 5.41) is 11.8. The molecule has 0 saturated heterocycles. The van der Waals surface area contributed by atoms with E-state index in [0.29, 0.717) is 17.8 Å². The van der Waals surface area contributed by atoms with Gasteiger partial charge in [0.25, 0.3) is 11.5 Å². The number of likely N-dealkylation sites (N-methyl/N-ethyl adjacent to an activating group) is 1. The number of nitrogens with one attached hydrogen (secondary N) is 1. The van der Waals surface area contributed by atoms with Gasteiger partial charge in [0.05, 0.1) is 0 Å². The molecular formula is C21H17FN4O3. The van der Waals surface area contributed by atoms with Crippen molar-refractivity contribution in [1.29, 1.82) is 5.26 Å². The van der Waals surface area contributed by atoms with Crippen molar-refractivity contribution in [3.63, 3.8) is 0 Å².